The van der Waals surface area contributed by atoms with Crippen LogP contribution in [0.15, 0.2) is 66.9 Å². The standard InChI is InChI=1S/C21H18FN5O/c1-14-2-6-16(7-3-14)18-12-19(25-24-18)21(28)23-20-10-11-27(26-20)13-15-4-8-17(22)9-5-15/h2-12H,13H2,1H3,(H,24,25)(H,23,26,28). The van der Waals surface area contributed by atoms with Crippen molar-refractivity contribution < 1.29 is 9.18 Å². The highest BCUT2D eigenvalue weighted by atomic mass is 19.1. The second-order valence-electron chi connectivity index (χ2n) is 6.51. The molecule has 28 heavy (non-hydrogen) atoms. The summed E-state index contributed by atoms with van der Waals surface area (Å²) in [5, 5.41) is 14.0. The molecule has 2 aromatic carbocycles. The van der Waals surface area contributed by atoms with Crippen LogP contribution in [0.25, 0.3) is 11.3 Å². The van der Waals surface area contributed by atoms with E-state index in [1.165, 1.54) is 12.1 Å². The molecule has 0 bridgehead atoms. The number of anilines is 1. The molecule has 4 rings (SSSR count). The van der Waals surface area contributed by atoms with Crippen molar-refractivity contribution in [1.82, 2.24) is 20.0 Å². The molecule has 0 aliphatic heterocycles. The monoisotopic (exact) mass is 375 g/mol. The third-order valence-corrected chi connectivity index (χ3v) is 4.31. The van der Waals surface area contributed by atoms with Crippen LogP contribution in [0.2, 0.25) is 0 Å². The molecule has 0 radical (unpaired) electrons. The fourth-order valence-corrected chi connectivity index (χ4v) is 2.79. The van der Waals surface area contributed by atoms with E-state index in [9.17, 15) is 9.18 Å². The Bertz CT molecular complexity index is 1100. The molecule has 0 aliphatic rings. The molecular weight excluding hydrogens is 357 g/mol. The van der Waals surface area contributed by atoms with Gasteiger partial charge in [0.1, 0.15) is 11.5 Å². The highest BCUT2D eigenvalue weighted by Crippen LogP contribution is 2.18. The number of hydrogen-bond donors (Lipinski definition) is 2. The molecule has 140 valence electrons. The van der Waals surface area contributed by atoms with E-state index in [4.69, 9.17) is 0 Å². The van der Waals surface area contributed by atoms with Gasteiger partial charge in [-0.2, -0.15) is 10.2 Å². The number of benzene rings is 2. The molecule has 4 aromatic rings. The largest absolute Gasteiger partial charge is 0.304 e. The van der Waals surface area contributed by atoms with Gasteiger partial charge in [-0.05, 0) is 30.7 Å². The number of aryl methyl sites for hydroxylation is 1. The lowest BCUT2D eigenvalue weighted by molar-refractivity contribution is 0.102. The molecule has 1 amide bonds. The summed E-state index contributed by atoms with van der Waals surface area (Å²) in [5.74, 6) is -0.168. The summed E-state index contributed by atoms with van der Waals surface area (Å²) in [5.41, 5.74) is 4.06. The maximum absolute atomic E-state index is 13.0. The number of hydrogen-bond acceptors (Lipinski definition) is 3. The second kappa shape index (κ2) is 7.48. The molecule has 0 atom stereocenters. The third kappa shape index (κ3) is 3.98. The number of nitrogens with one attached hydrogen (secondary N) is 2. The highest BCUT2D eigenvalue weighted by molar-refractivity contribution is 6.02. The van der Waals surface area contributed by atoms with Gasteiger partial charge in [0.25, 0.3) is 5.91 Å². The fourth-order valence-electron chi connectivity index (χ4n) is 2.79. The lowest BCUT2D eigenvalue weighted by Gasteiger charge is -2.02. The number of nitrogens with zero attached hydrogens (tertiary/aromatic N) is 3. The van der Waals surface area contributed by atoms with Crippen LogP contribution in [-0.2, 0) is 6.54 Å². The molecule has 6 nitrogen and oxygen atoms in total. The van der Waals surface area contributed by atoms with Crippen LogP contribution in [0.1, 0.15) is 21.6 Å². The molecule has 0 unspecified atom stereocenters. The summed E-state index contributed by atoms with van der Waals surface area (Å²) >= 11 is 0. The van der Waals surface area contributed by atoms with Gasteiger partial charge in [-0.3, -0.25) is 14.6 Å². The van der Waals surface area contributed by atoms with Gasteiger partial charge < -0.3 is 5.32 Å². The number of rotatable bonds is 5. The molecule has 2 heterocycles. The van der Waals surface area contributed by atoms with E-state index in [1.54, 1.807) is 35.1 Å². The number of H-pyrrole nitrogens is 1. The van der Waals surface area contributed by atoms with Crippen molar-refractivity contribution >= 4 is 11.7 Å². The lowest BCUT2D eigenvalue weighted by atomic mass is 10.1. The molecule has 0 fully saturated rings. The van der Waals surface area contributed by atoms with Crippen molar-refractivity contribution in [1.29, 1.82) is 0 Å². The Morgan fingerprint density at radius 1 is 1.11 bits per heavy atom. The van der Waals surface area contributed by atoms with Crippen molar-refractivity contribution in [3.05, 3.63) is 89.5 Å². The molecule has 2 N–H and O–H groups in total. The number of carbonyl (C=O) groups is 1. The molecule has 0 spiro atoms. The van der Waals surface area contributed by atoms with Gasteiger partial charge in [-0.25, -0.2) is 4.39 Å². The molecule has 2 aromatic heterocycles. The van der Waals surface area contributed by atoms with Gasteiger partial charge in [0, 0.05) is 17.8 Å². The van der Waals surface area contributed by atoms with E-state index in [1.807, 2.05) is 31.2 Å². The van der Waals surface area contributed by atoms with Crippen LogP contribution in [0.5, 0.6) is 0 Å². The normalized spacial score (nSPS) is 10.8. The van der Waals surface area contributed by atoms with Crippen LogP contribution >= 0.6 is 0 Å². The van der Waals surface area contributed by atoms with Gasteiger partial charge >= 0.3 is 0 Å². The Morgan fingerprint density at radius 3 is 2.61 bits per heavy atom. The zero-order chi connectivity index (χ0) is 19.5. The second-order valence-corrected chi connectivity index (χ2v) is 6.51. The average Bonchev–Trinajstić information content (AvgIpc) is 3.34. The summed E-state index contributed by atoms with van der Waals surface area (Å²) in [6.45, 7) is 2.50. The third-order valence-electron chi connectivity index (χ3n) is 4.31. The Balaban J connectivity index is 1.42. The maximum atomic E-state index is 13.0. The Hall–Kier alpha value is -3.74. The number of aromatic amines is 1. The van der Waals surface area contributed by atoms with Crippen LogP contribution in [-0.4, -0.2) is 25.9 Å². The van der Waals surface area contributed by atoms with E-state index in [0.717, 1.165) is 16.7 Å². The van der Waals surface area contributed by atoms with Crippen molar-refractivity contribution in [3.63, 3.8) is 0 Å². The van der Waals surface area contributed by atoms with Crippen LogP contribution < -0.4 is 5.32 Å². The minimum absolute atomic E-state index is 0.276. The van der Waals surface area contributed by atoms with E-state index < -0.39 is 0 Å². The SMILES string of the molecule is Cc1ccc(-c2cc(C(=O)Nc3ccn(Cc4ccc(F)cc4)n3)[nH]n2)cc1. The number of amides is 1. The average molecular weight is 375 g/mol. The van der Waals surface area contributed by atoms with E-state index >= 15 is 0 Å². The number of aromatic nitrogens is 4. The zero-order valence-electron chi connectivity index (χ0n) is 15.2. The van der Waals surface area contributed by atoms with Crippen molar-refractivity contribution in [2.24, 2.45) is 0 Å². The van der Waals surface area contributed by atoms with Gasteiger partial charge in [0.15, 0.2) is 5.82 Å². The smallest absolute Gasteiger partial charge is 0.274 e. The minimum atomic E-state index is -0.321. The van der Waals surface area contributed by atoms with Crippen LogP contribution in [0, 0.1) is 12.7 Å². The van der Waals surface area contributed by atoms with Crippen LogP contribution in [0.3, 0.4) is 0 Å². The van der Waals surface area contributed by atoms with Crippen molar-refractivity contribution in [2.75, 3.05) is 5.32 Å². The predicted octanol–water partition coefficient (Wildman–Crippen LogP) is 4.02. The molecule has 0 saturated heterocycles. The Morgan fingerprint density at radius 2 is 1.86 bits per heavy atom. The predicted molar refractivity (Wildman–Crippen MR) is 104 cm³/mol. The first-order valence-electron chi connectivity index (χ1n) is 8.78. The van der Waals surface area contributed by atoms with Gasteiger partial charge in [0.05, 0.1) is 12.2 Å². The Kier molecular flexibility index (Phi) is 4.72. The van der Waals surface area contributed by atoms with Crippen molar-refractivity contribution in [3.8, 4) is 11.3 Å². The van der Waals surface area contributed by atoms with E-state index in [0.29, 0.717) is 23.8 Å². The molecule has 7 heteroatoms. The molecule has 0 aliphatic carbocycles. The number of halogens is 1. The summed E-state index contributed by atoms with van der Waals surface area (Å²) in [4.78, 5) is 12.4. The van der Waals surface area contributed by atoms with Crippen LogP contribution in [0.4, 0.5) is 10.2 Å². The summed E-state index contributed by atoms with van der Waals surface area (Å²) in [6, 6.07) is 17.5. The topological polar surface area (TPSA) is 75.6 Å². The fraction of sp³-hybridized carbons (Fsp3) is 0.0952. The van der Waals surface area contributed by atoms with Crippen molar-refractivity contribution in [2.45, 2.75) is 13.5 Å². The highest BCUT2D eigenvalue weighted by Gasteiger charge is 2.12. The first-order valence-corrected chi connectivity index (χ1v) is 8.78. The number of carbonyl (C=O) groups excluding carboxylic acids is 1. The van der Waals surface area contributed by atoms with Gasteiger partial charge in [-0.15, -0.1) is 0 Å². The van der Waals surface area contributed by atoms with E-state index in [2.05, 4.69) is 20.6 Å². The van der Waals surface area contributed by atoms with Gasteiger partial charge in [0.2, 0.25) is 0 Å². The minimum Gasteiger partial charge on any atom is -0.304 e. The summed E-state index contributed by atoms with van der Waals surface area (Å²) in [6.07, 6.45) is 1.75. The van der Waals surface area contributed by atoms with Gasteiger partial charge in [-0.1, -0.05) is 42.0 Å². The summed E-state index contributed by atoms with van der Waals surface area (Å²) in [7, 11) is 0. The van der Waals surface area contributed by atoms with E-state index in [-0.39, 0.29) is 11.7 Å². The lowest BCUT2D eigenvalue weighted by Crippen LogP contribution is -2.13. The molecule has 0 saturated carbocycles. The zero-order valence-corrected chi connectivity index (χ0v) is 15.2. The molecular formula is C21H18FN5O. The maximum Gasteiger partial charge on any atom is 0.274 e. The first kappa shape index (κ1) is 17.7. The quantitative estimate of drug-likeness (QED) is 0.553. The first-order chi connectivity index (χ1) is 13.6. The Labute approximate surface area is 161 Å². The summed E-state index contributed by atoms with van der Waals surface area (Å²) < 4.78 is 14.7.